The van der Waals surface area contributed by atoms with Gasteiger partial charge in [0.15, 0.2) is 0 Å². The lowest BCUT2D eigenvalue weighted by Crippen LogP contribution is -2.20. The van der Waals surface area contributed by atoms with Crippen LogP contribution in [0.1, 0.15) is 15.9 Å². The Morgan fingerprint density at radius 1 is 0.742 bits per heavy atom. The third-order valence-electron chi connectivity index (χ3n) is 4.03. The molecule has 0 atom stereocenters. The van der Waals surface area contributed by atoms with Crippen LogP contribution in [0.25, 0.3) is 0 Å². The zero-order valence-corrected chi connectivity index (χ0v) is 15.6. The summed E-state index contributed by atoms with van der Waals surface area (Å²) in [6.07, 6.45) is -4.57. The van der Waals surface area contributed by atoms with Crippen molar-refractivity contribution in [1.29, 1.82) is 0 Å². The van der Waals surface area contributed by atoms with Gasteiger partial charge in [-0.1, -0.05) is 6.07 Å². The first-order valence-corrected chi connectivity index (χ1v) is 8.73. The number of halogens is 5. The van der Waals surface area contributed by atoms with E-state index in [1.165, 1.54) is 24.3 Å². The van der Waals surface area contributed by atoms with Gasteiger partial charge in [-0.3, -0.25) is 4.79 Å². The molecule has 3 aromatic carbocycles. The van der Waals surface area contributed by atoms with Crippen LogP contribution >= 0.6 is 0 Å². The number of nitrogens with one attached hydrogen (secondary N) is 3. The van der Waals surface area contributed by atoms with E-state index in [4.69, 9.17) is 0 Å². The second kappa shape index (κ2) is 8.82. The van der Waals surface area contributed by atoms with Gasteiger partial charge in [0.25, 0.3) is 5.91 Å². The van der Waals surface area contributed by atoms with Crippen molar-refractivity contribution in [3.8, 4) is 0 Å². The van der Waals surface area contributed by atoms with Gasteiger partial charge < -0.3 is 16.0 Å². The number of urea groups is 1. The molecule has 0 saturated carbocycles. The van der Waals surface area contributed by atoms with Crippen molar-refractivity contribution < 1.29 is 31.5 Å². The van der Waals surface area contributed by atoms with Gasteiger partial charge in [-0.05, 0) is 60.7 Å². The number of rotatable bonds is 4. The van der Waals surface area contributed by atoms with Crippen molar-refractivity contribution in [2.75, 3.05) is 16.0 Å². The first kappa shape index (κ1) is 21.8. The number of benzene rings is 3. The minimum Gasteiger partial charge on any atom is -0.319 e. The largest absolute Gasteiger partial charge is 0.416 e. The van der Waals surface area contributed by atoms with Gasteiger partial charge in [-0.2, -0.15) is 13.2 Å². The summed E-state index contributed by atoms with van der Waals surface area (Å²) in [6.45, 7) is 0. The molecule has 0 radical (unpaired) electrons. The van der Waals surface area contributed by atoms with E-state index < -0.39 is 35.3 Å². The van der Waals surface area contributed by atoms with Crippen LogP contribution < -0.4 is 16.0 Å². The minimum atomic E-state index is -4.57. The highest BCUT2D eigenvalue weighted by molar-refractivity contribution is 6.05. The molecule has 0 bridgehead atoms. The quantitative estimate of drug-likeness (QED) is 0.448. The maximum atomic E-state index is 14.0. The van der Waals surface area contributed by atoms with Crippen molar-refractivity contribution in [2.24, 2.45) is 0 Å². The summed E-state index contributed by atoms with van der Waals surface area (Å²) in [6, 6.07) is 11.0. The topological polar surface area (TPSA) is 70.2 Å². The molecule has 0 spiro atoms. The number of carbonyl (C=O) groups excluding carboxylic acids is 2. The number of hydrogen-bond acceptors (Lipinski definition) is 2. The van der Waals surface area contributed by atoms with Crippen molar-refractivity contribution in [3.63, 3.8) is 0 Å². The highest BCUT2D eigenvalue weighted by atomic mass is 19.4. The fraction of sp³-hybridized carbons (Fsp3) is 0.0476. The van der Waals surface area contributed by atoms with Crippen molar-refractivity contribution >= 4 is 29.0 Å². The van der Waals surface area contributed by atoms with E-state index >= 15 is 0 Å². The fourth-order valence-electron chi connectivity index (χ4n) is 2.56. The first-order valence-electron chi connectivity index (χ1n) is 8.73. The van der Waals surface area contributed by atoms with Gasteiger partial charge >= 0.3 is 12.2 Å². The molecule has 0 aliphatic rings. The molecular weight excluding hydrogens is 421 g/mol. The predicted molar refractivity (Wildman–Crippen MR) is 105 cm³/mol. The Balaban J connectivity index is 1.69. The SMILES string of the molecule is O=C(Nc1cccc(C(F)(F)F)c1)Nc1ccc(F)c(NC(=O)c2ccc(F)cc2)c1. The van der Waals surface area contributed by atoms with Crippen LogP contribution in [0, 0.1) is 11.6 Å². The molecule has 0 unspecified atom stereocenters. The van der Waals surface area contributed by atoms with Crippen LogP contribution in [0.3, 0.4) is 0 Å². The number of carbonyl (C=O) groups is 2. The van der Waals surface area contributed by atoms with Crippen molar-refractivity contribution in [3.05, 3.63) is 89.5 Å². The zero-order valence-electron chi connectivity index (χ0n) is 15.6. The summed E-state index contributed by atoms with van der Waals surface area (Å²) in [4.78, 5) is 24.3. The summed E-state index contributed by atoms with van der Waals surface area (Å²) in [5.74, 6) is -2.04. The number of hydrogen-bond donors (Lipinski definition) is 3. The highest BCUT2D eigenvalue weighted by Gasteiger charge is 2.30. The Labute approximate surface area is 172 Å². The molecule has 5 nitrogen and oxygen atoms in total. The van der Waals surface area contributed by atoms with Crippen molar-refractivity contribution in [2.45, 2.75) is 6.18 Å². The van der Waals surface area contributed by atoms with Gasteiger partial charge in [0.05, 0.1) is 11.3 Å². The molecule has 0 heterocycles. The molecule has 3 aromatic rings. The van der Waals surface area contributed by atoms with E-state index in [0.29, 0.717) is 0 Å². The minimum absolute atomic E-state index is 0.0697. The molecule has 10 heteroatoms. The lowest BCUT2D eigenvalue weighted by Gasteiger charge is -2.12. The lowest BCUT2D eigenvalue weighted by atomic mass is 10.2. The summed E-state index contributed by atoms with van der Waals surface area (Å²) in [5.41, 5.74) is -1.13. The Kier molecular flexibility index (Phi) is 6.19. The molecule has 0 aromatic heterocycles. The van der Waals surface area contributed by atoms with E-state index in [2.05, 4.69) is 16.0 Å². The van der Waals surface area contributed by atoms with E-state index in [1.54, 1.807) is 0 Å². The second-order valence-corrected chi connectivity index (χ2v) is 6.31. The van der Waals surface area contributed by atoms with Crippen LogP contribution in [0.5, 0.6) is 0 Å². The molecule has 0 fully saturated rings. The van der Waals surface area contributed by atoms with Crippen LogP contribution in [0.15, 0.2) is 66.7 Å². The molecule has 3 rings (SSSR count). The number of alkyl halides is 3. The number of amides is 3. The van der Waals surface area contributed by atoms with E-state index in [1.807, 2.05) is 0 Å². The summed E-state index contributed by atoms with van der Waals surface area (Å²) in [5, 5.41) is 6.88. The summed E-state index contributed by atoms with van der Waals surface area (Å²) < 4.78 is 65.3. The van der Waals surface area contributed by atoms with Crippen LogP contribution in [-0.4, -0.2) is 11.9 Å². The van der Waals surface area contributed by atoms with Gasteiger partial charge in [0.1, 0.15) is 11.6 Å². The van der Waals surface area contributed by atoms with E-state index in [0.717, 1.165) is 42.5 Å². The van der Waals surface area contributed by atoms with E-state index in [-0.39, 0.29) is 22.6 Å². The fourth-order valence-corrected chi connectivity index (χ4v) is 2.56. The normalized spacial score (nSPS) is 11.0. The maximum absolute atomic E-state index is 14.0. The van der Waals surface area contributed by atoms with Crippen LogP contribution in [0.4, 0.5) is 43.8 Å². The molecule has 3 amide bonds. The van der Waals surface area contributed by atoms with Gasteiger partial charge in [0, 0.05) is 16.9 Å². The summed E-state index contributed by atoms with van der Waals surface area (Å²) >= 11 is 0. The van der Waals surface area contributed by atoms with E-state index in [9.17, 15) is 31.5 Å². The molecule has 160 valence electrons. The molecule has 0 aliphatic carbocycles. The van der Waals surface area contributed by atoms with Gasteiger partial charge in [-0.15, -0.1) is 0 Å². The smallest absolute Gasteiger partial charge is 0.319 e. The third kappa shape index (κ3) is 5.78. The average Bonchev–Trinajstić information content (AvgIpc) is 2.70. The zero-order chi connectivity index (χ0) is 22.6. The third-order valence-corrected chi connectivity index (χ3v) is 4.03. The Morgan fingerprint density at radius 2 is 1.39 bits per heavy atom. The van der Waals surface area contributed by atoms with Crippen molar-refractivity contribution in [1.82, 2.24) is 0 Å². The van der Waals surface area contributed by atoms with Crippen LogP contribution in [0.2, 0.25) is 0 Å². The lowest BCUT2D eigenvalue weighted by molar-refractivity contribution is -0.137. The average molecular weight is 435 g/mol. The van der Waals surface area contributed by atoms with Gasteiger partial charge in [0.2, 0.25) is 0 Å². The second-order valence-electron chi connectivity index (χ2n) is 6.31. The molecule has 3 N–H and O–H groups in total. The first-order chi connectivity index (χ1) is 14.6. The molecule has 0 aliphatic heterocycles. The van der Waals surface area contributed by atoms with Gasteiger partial charge in [-0.25, -0.2) is 13.6 Å². The Morgan fingerprint density at radius 3 is 2.03 bits per heavy atom. The Bertz CT molecular complexity index is 1110. The highest BCUT2D eigenvalue weighted by Crippen LogP contribution is 2.30. The maximum Gasteiger partial charge on any atom is 0.416 e. The molecule has 31 heavy (non-hydrogen) atoms. The monoisotopic (exact) mass is 435 g/mol. The summed E-state index contributed by atoms with van der Waals surface area (Å²) in [7, 11) is 0. The number of anilines is 3. The predicted octanol–water partition coefficient (Wildman–Crippen LogP) is 5.88. The van der Waals surface area contributed by atoms with Crippen LogP contribution in [-0.2, 0) is 6.18 Å². The standard InChI is InChI=1S/C21H14F5N3O2/c22-14-6-4-12(5-7-14)19(30)29-18-11-16(8-9-17(18)23)28-20(31)27-15-3-1-2-13(10-15)21(24,25)26/h1-11H,(H,29,30)(H2,27,28,31). The Hall–Kier alpha value is -3.95. The molecule has 0 saturated heterocycles. The molecular formula is C21H14F5N3O2.